The molecule has 0 N–H and O–H groups in total. The molecule has 2 aromatic rings. The molecule has 3 amide bonds. The van der Waals surface area contributed by atoms with E-state index in [1.165, 1.54) is 32.0 Å². The zero-order valence-electron chi connectivity index (χ0n) is 34.8. The monoisotopic (exact) mass is 1220 g/mol. The highest BCUT2D eigenvalue weighted by atomic mass is 128. The van der Waals surface area contributed by atoms with Gasteiger partial charge in [-0.15, -0.1) is 46.7 Å². The van der Waals surface area contributed by atoms with Gasteiger partial charge in [-0.3, -0.25) is 14.4 Å². The second kappa shape index (κ2) is 27.1. The molecule has 0 saturated carbocycles. The molecule has 0 spiro atoms. The number of amides is 3. The number of nitrogens with zero attached hydrogens (tertiary/aromatic N) is 3. The summed E-state index contributed by atoms with van der Waals surface area (Å²) in [6.45, 7) is 21.7. The molecule has 2 aromatic heterocycles. The van der Waals surface area contributed by atoms with Crippen LogP contribution in [0.2, 0.25) is 0 Å². The molecule has 0 atom stereocenters. The minimum absolute atomic E-state index is 0. The average molecular weight is 1220 g/mol. The highest BCUT2D eigenvalue weighted by Crippen LogP contribution is 2.28. The average Bonchev–Trinajstić information content (AvgIpc) is 3.75. The van der Waals surface area contributed by atoms with Crippen molar-refractivity contribution in [1.29, 1.82) is 0 Å². The summed E-state index contributed by atoms with van der Waals surface area (Å²) < 4.78 is 11.9. The summed E-state index contributed by atoms with van der Waals surface area (Å²) in [6.07, 6.45) is 6.37. The minimum atomic E-state index is -0.486. The number of Topliss-reactive ketones (excluding diaryl/α,β-unsaturated/α-hetero) is 1. The van der Waals surface area contributed by atoms with E-state index in [9.17, 15) is 19.2 Å². The number of carbonyl (C=O) groups is 4. The number of ketones is 1. The first-order valence-electron chi connectivity index (χ1n) is 18.2. The first-order valence-corrected chi connectivity index (χ1v) is 26.9. The van der Waals surface area contributed by atoms with Gasteiger partial charge in [-0.1, -0.05) is 11.1 Å². The van der Waals surface area contributed by atoms with Gasteiger partial charge in [-0.2, -0.15) is 0 Å². The van der Waals surface area contributed by atoms with Crippen LogP contribution in [0.5, 0.6) is 0 Å². The van der Waals surface area contributed by atoms with E-state index in [4.69, 9.17) is 14.3 Å². The van der Waals surface area contributed by atoms with E-state index >= 15 is 0 Å². The number of hydrogen-bond acceptors (Lipinski definition) is 9. The van der Waals surface area contributed by atoms with Gasteiger partial charge in [0.2, 0.25) is 5.91 Å². The Morgan fingerprint density at radius 3 is 1.48 bits per heavy atom. The minimum Gasteiger partial charge on any atom is -0.444 e. The van der Waals surface area contributed by atoms with E-state index in [0.29, 0.717) is 51.9 Å². The van der Waals surface area contributed by atoms with Crippen LogP contribution in [-0.4, -0.2) is 90.3 Å². The summed E-state index contributed by atoms with van der Waals surface area (Å²) in [6, 6.07) is 8.10. The van der Waals surface area contributed by atoms with Gasteiger partial charge in [-0.25, -0.2) is 14.7 Å². The van der Waals surface area contributed by atoms with Crippen LogP contribution in [0.3, 0.4) is 0 Å². The molecular weight excluding hydrogens is 1160 g/mol. The molecule has 2 fully saturated rings. The lowest BCUT2D eigenvalue weighted by Crippen LogP contribution is -2.45. The first-order chi connectivity index (χ1) is 25.6. The van der Waals surface area contributed by atoms with E-state index in [2.05, 4.69) is 91.3 Å². The molecule has 2 aliphatic heterocycles. The molecule has 0 aromatic carbocycles. The van der Waals surface area contributed by atoms with Gasteiger partial charge in [0.15, 0.2) is 5.78 Å². The predicted octanol–water partition coefficient (Wildman–Crippen LogP) is 13.0. The highest BCUT2D eigenvalue weighted by molar-refractivity contribution is 15.0. The predicted molar refractivity (Wildman–Crippen MR) is 264 cm³/mol. The summed E-state index contributed by atoms with van der Waals surface area (Å²) >= 11 is 11.0. The van der Waals surface area contributed by atoms with Crippen molar-refractivity contribution in [2.45, 2.75) is 106 Å². The number of likely N-dealkylation sites (tertiary alicyclic amines) is 2. The summed E-state index contributed by atoms with van der Waals surface area (Å²) in [5.74, 6) is 0.0918. The molecule has 318 valence electrons. The fourth-order valence-electron chi connectivity index (χ4n) is 5.37. The van der Waals surface area contributed by atoms with Crippen molar-refractivity contribution in [2.75, 3.05) is 40.3 Å². The Morgan fingerprint density at radius 1 is 0.732 bits per heavy atom. The van der Waals surface area contributed by atoms with E-state index in [-0.39, 0.29) is 59.7 Å². The maximum Gasteiger partial charge on any atom is 0.410 e. The van der Waals surface area contributed by atoms with Crippen LogP contribution in [-0.2, 0) is 19.1 Å². The Bertz CT molecular complexity index is 1580. The number of hydroxylamine groups is 2. The van der Waals surface area contributed by atoms with Gasteiger partial charge in [0.1, 0.15) is 11.2 Å². The van der Waals surface area contributed by atoms with Crippen molar-refractivity contribution in [3.63, 3.8) is 0 Å². The molecule has 2 aliphatic rings. The number of halogens is 4. The molecule has 0 radical (unpaired) electrons. The third-order valence-corrected chi connectivity index (χ3v) is 10.5. The molecule has 16 heteroatoms. The summed E-state index contributed by atoms with van der Waals surface area (Å²) in [4.78, 5) is 60.0. The van der Waals surface area contributed by atoms with Crippen LogP contribution < -0.4 is 0 Å². The van der Waals surface area contributed by atoms with Crippen LogP contribution in [0.25, 0.3) is 12.2 Å². The van der Waals surface area contributed by atoms with E-state index in [1.54, 1.807) is 39.5 Å². The van der Waals surface area contributed by atoms with E-state index < -0.39 is 11.2 Å². The number of carbonyl (C=O) groups excluding carboxylic acids is 4. The second-order valence-corrected chi connectivity index (χ2v) is 19.3. The number of allylic oxidation sites excluding steroid dienone is 2. The number of ether oxygens (including phenoxy) is 2. The van der Waals surface area contributed by atoms with Crippen molar-refractivity contribution < 1.29 is 33.5 Å². The van der Waals surface area contributed by atoms with Crippen molar-refractivity contribution in [2.24, 2.45) is 11.8 Å². The molecule has 0 bridgehead atoms. The molecule has 56 heavy (non-hydrogen) atoms. The number of thiophene rings is 2. The molecule has 10 nitrogen and oxygen atoms in total. The van der Waals surface area contributed by atoms with E-state index in [0.717, 1.165) is 9.75 Å². The van der Waals surface area contributed by atoms with Crippen molar-refractivity contribution >= 4 is 136 Å². The SMILES string of the molecule is CC(C)=Cc1ccc(Br)s1.CC(C)=Cc1ccc(C(=O)C2CCN(C(=O)OC(C)(C)C)CC2)s1.CON(C)C(=O)C1CCN(C(=O)OC(C)(C)C)CC1.I.II. The van der Waals surface area contributed by atoms with Crippen molar-refractivity contribution in [3.05, 3.63) is 53.8 Å². The lowest BCUT2D eigenvalue weighted by atomic mass is 9.92. The topological polar surface area (TPSA) is 106 Å². The zero-order chi connectivity index (χ0) is 42.1. The number of hydrogen-bond donors (Lipinski definition) is 0. The van der Waals surface area contributed by atoms with Crippen LogP contribution >= 0.6 is 99.8 Å². The van der Waals surface area contributed by atoms with Crippen molar-refractivity contribution in [3.8, 4) is 0 Å². The molecule has 0 aliphatic carbocycles. The van der Waals surface area contributed by atoms with Crippen LogP contribution in [0.1, 0.15) is 114 Å². The first kappa shape index (κ1) is 55.2. The highest BCUT2D eigenvalue weighted by Gasteiger charge is 2.32. The molecular formula is C40H61BrI3N3O7S2. The lowest BCUT2D eigenvalue weighted by molar-refractivity contribution is -0.174. The van der Waals surface area contributed by atoms with Crippen LogP contribution in [0.4, 0.5) is 9.59 Å². The molecule has 2 saturated heterocycles. The summed E-state index contributed by atoms with van der Waals surface area (Å²) in [5, 5.41) is 1.24. The maximum absolute atomic E-state index is 12.7. The second-order valence-electron chi connectivity index (χ2n) is 15.7. The van der Waals surface area contributed by atoms with Crippen LogP contribution in [0.15, 0.2) is 39.2 Å². The number of rotatable bonds is 6. The van der Waals surface area contributed by atoms with Crippen molar-refractivity contribution in [1.82, 2.24) is 14.9 Å². The Hall–Kier alpha value is -0.810. The Kier molecular flexibility index (Phi) is 26.7. The Balaban J connectivity index is 0.000000842. The zero-order valence-corrected chi connectivity index (χ0v) is 44.7. The summed E-state index contributed by atoms with van der Waals surface area (Å²) in [7, 11) is 3.07. The van der Waals surface area contributed by atoms with Gasteiger partial charge in [0.25, 0.3) is 0 Å². The van der Waals surface area contributed by atoms with Gasteiger partial charge in [0, 0.05) is 92.0 Å². The third kappa shape index (κ3) is 22.0. The lowest BCUT2D eigenvalue weighted by Gasteiger charge is -2.33. The van der Waals surface area contributed by atoms with Gasteiger partial charge >= 0.3 is 12.2 Å². The smallest absolute Gasteiger partial charge is 0.410 e. The molecule has 4 rings (SSSR count). The van der Waals surface area contributed by atoms with E-state index in [1.807, 2.05) is 67.5 Å². The summed E-state index contributed by atoms with van der Waals surface area (Å²) in [5.41, 5.74) is 1.60. The van der Waals surface area contributed by atoms with Gasteiger partial charge in [-0.05, 0) is 147 Å². The fraction of sp³-hybridized carbons (Fsp3) is 0.600. The van der Waals surface area contributed by atoms with Crippen LogP contribution in [0, 0.1) is 11.8 Å². The standard InChI is InChI=1S/C19H27NO3S.C13H24N2O4.C8H9BrS.I2.HI/c1-13(2)12-15-6-7-16(24-15)17(21)14-8-10-20(11-9-14)18(22)23-19(3,4)5;1-13(2,3)19-12(17)15-8-6-10(7-9-15)11(16)14(4)18-5;1-6(2)5-7-3-4-8(9)10-7;1-2;/h6-7,12,14H,8-11H2,1-5H3;10H,6-9H2,1-5H3;3-5H,1-2H3;;1H. The normalized spacial score (nSPS) is 14.5. The van der Waals surface area contributed by atoms with Gasteiger partial charge in [0.05, 0.1) is 15.8 Å². The Morgan fingerprint density at radius 2 is 1.12 bits per heavy atom. The van der Waals surface area contributed by atoms with Gasteiger partial charge < -0.3 is 19.3 Å². The third-order valence-electron chi connectivity index (χ3n) is 7.92. The molecule has 4 heterocycles. The molecule has 0 unspecified atom stereocenters. The quantitative estimate of drug-likeness (QED) is 0.161. The Labute approximate surface area is 392 Å². The maximum atomic E-state index is 12.7. The largest absolute Gasteiger partial charge is 0.444 e. The number of piperidine rings is 2. The fourth-order valence-corrected chi connectivity index (χ4v) is 7.95.